The van der Waals surface area contributed by atoms with E-state index in [1.54, 1.807) is 0 Å². The fourth-order valence-corrected chi connectivity index (χ4v) is 3.14. The summed E-state index contributed by atoms with van der Waals surface area (Å²) in [5.74, 6) is 0.00531. The number of rotatable bonds is 8. The lowest BCUT2D eigenvalue weighted by atomic mass is 9.95. The molecule has 3 atom stereocenters. The Bertz CT molecular complexity index is 489. The number of hydrogen-bond donors (Lipinski definition) is 4. The molecule has 0 spiro atoms. The lowest BCUT2D eigenvalue weighted by molar-refractivity contribution is -0.123. The smallest absolute Gasteiger partial charge is 0.237 e. The third kappa shape index (κ3) is 6.23. The molecule has 1 aliphatic carbocycles. The van der Waals surface area contributed by atoms with Crippen LogP contribution >= 0.6 is 0 Å². The summed E-state index contributed by atoms with van der Waals surface area (Å²) >= 11 is 0. The summed E-state index contributed by atoms with van der Waals surface area (Å²) in [5, 5.41) is 16.4. The van der Waals surface area contributed by atoms with Crippen molar-refractivity contribution in [1.29, 1.82) is 0 Å². The number of carbonyl (C=O) groups excluding carboxylic acids is 1. The van der Waals surface area contributed by atoms with Crippen LogP contribution in [0.3, 0.4) is 0 Å². The highest BCUT2D eigenvalue weighted by molar-refractivity contribution is 5.81. The summed E-state index contributed by atoms with van der Waals surface area (Å²) in [4.78, 5) is 12.2. The van der Waals surface area contributed by atoms with Gasteiger partial charge in [-0.1, -0.05) is 49.6 Å². The Hall–Kier alpha value is -1.43. The molecule has 0 saturated heterocycles. The number of aliphatic hydroxyl groups excluding tert-OH is 1. The van der Waals surface area contributed by atoms with Gasteiger partial charge in [-0.25, -0.2) is 0 Å². The Balaban J connectivity index is 1.69. The van der Waals surface area contributed by atoms with Crippen molar-refractivity contribution < 1.29 is 9.90 Å². The maximum Gasteiger partial charge on any atom is 0.237 e. The zero-order valence-corrected chi connectivity index (χ0v) is 14.6. The lowest BCUT2D eigenvalue weighted by Crippen LogP contribution is -2.51. The van der Waals surface area contributed by atoms with Crippen molar-refractivity contribution in [2.45, 2.75) is 69.7 Å². The van der Waals surface area contributed by atoms with Crippen molar-refractivity contribution >= 4 is 5.91 Å². The Morgan fingerprint density at radius 3 is 2.58 bits per heavy atom. The number of amides is 1. The molecule has 0 heterocycles. The molecule has 1 saturated carbocycles. The molecule has 0 aromatic heterocycles. The first-order valence-electron chi connectivity index (χ1n) is 9.07. The van der Waals surface area contributed by atoms with E-state index in [0.29, 0.717) is 19.0 Å². The van der Waals surface area contributed by atoms with Gasteiger partial charge >= 0.3 is 0 Å². The first kappa shape index (κ1) is 18.9. The third-order valence-corrected chi connectivity index (χ3v) is 4.79. The van der Waals surface area contributed by atoms with E-state index >= 15 is 0 Å². The van der Waals surface area contributed by atoms with E-state index in [2.05, 4.69) is 10.6 Å². The maximum atomic E-state index is 12.2. The van der Waals surface area contributed by atoms with Crippen LogP contribution in [0.15, 0.2) is 30.3 Å². The molecule has 5 N–H and O–H groups in total. The highest BCUT2D eigenvalue weighted by Crippen LogP contribution is 2.17. The van der Waals surface area contributed by atoms with E-state index < -0.39 is 6.10 Å². The van der Waals surface area contributed by atoms with E-state index in [4.69, 9.17) is 5.73 Å². The lowest BCUT2D eigenvalue weighted by Gasteiger charge is -2.26. The maximum absolute atomic E-state index is 12.2. The van der Waals surface area contributed by atoms with Crippen LogP contribution in [0.2, 0.25) is 0 Å². The zero-order chi connectivity index (χ0) is 17.4. The Labute approximate surface area is 145 Å². The Kier molecular flexibility index (Phi) is 7.69. The van der Waals surface area contributed by atoms with E-state index in [1.807, 2.05) is 37.3 Å². The van der Waals surface area contributed by atoms with Crippen molar-refractivity contribution in [2.24, 2.45) is 5.73 Å². The van der Waals surface area contributed by atoms with Gasteiger partial charge in [0.15, 0.2) is 0 Å². The predicted molar refractivity (Wildman–Crippen MR) is 96.6 cm³/mol. The number of benzene rings is 1. The number of carbonyl (C=O) groups is 1. The van der Waals surface area contributed by atoms with Crippen molar-refractivity contribution in [3.8, 4) is 0 Å². The second-order valence-electron chi connectivity index (χ2n) is 6.89. The third-order valence-electron chi connectivity index (χ3n) is 4.79. The molecule has 1 unspecified atom stereocenters. The number of aliphatic hydroxyl groups is 1. The molecular weight excluding hydrogens is 302 g/mol. The second kappa shape index (κ2) is 9.77. The van der Waals surface area contributed by atoms with Crippen LogP contribution in [0.25, 0.3) is 0 Å². The summed E-state index contributed by atoms with van der Waals surface area (Å²) < 4.78 is 0. The minimum Gasteiger partial charge on any atom is -0.390 e. The van der Waals surface area contributed by atoms with Crippen LogP contribution in [-0.2, 0) is 11.2 Å². The standard InChI is InChI=1S/C19H31N3O2/c1-14(19(24)22-16-10-6-3-7-11-16)21-13-18(23)17(20)12-15-8-4-2-5-9-15/h2,4-5,8-9,14,16-18,21,23H,3,6-7,10-13,20H2,1H3,(H,22,24)/t14-,17-,18?/m0/s1. The first-order chi connectivity index (χ1) is 11.6. The van der Waals surface area contributed by atoms with Gasteiger partial charge in [-0.15, -0.1) is 0 Å². The van der Waals surface area contributed by atoms with Crippen LogP contribution in [0, 0.1) is 0 Å². The highest BCUT2D eigenvalue weighted by Gasteiger charge is 2.21. The second-order valence-corrected chi connectivity index (χ2v) is 6.89. The summed E-state index contributed by atoms with van der Waals surface area (Å²) in [6.07, 6.45) is 5.74. The van der Waals surface area contributed by atoms with Crippen LogP contribution in [0.4, 0.5) is 0 Å². The van der Waals surface area contributed by atoms with Crippen molar-refractivity contribution in [3.63, 3.8) is 0 Å². The average Bonchev–Trinajstić information content (AvgIpc) is 2.61. The average molecular weight is 333 g/mol. The van der Waals surface area contributed by atoms with Gasteiger partial charge in [0.25, 0.3) is 0 Å². The van der Waals surface area contributed by atoms with Gasteiger partial charge in [-0.3, -0.25) is 4.79 Å². The molecule has 1 aromatic carbocycles. The first-order valence-corrected chi connectivity index (χ1v) is 9.07. The number of nitrogens with one attached hydrogen (secondary N) is 2. The van der Waals surface area contributed by atoms with Crippen molar-refractivity contribution in [2.75, 3.05) is 6.54 Å². The Morgan fingerprint density at radius 2 is 1.92 bits per heavy atom. The molecule has 1 fully saturated rings. The van der Waals surface area contributed by atoms with E-state index in [-0.39, 0.29) is 18.0 Å². The largest absolute Gasteiger partial charge is 0.390 e. The van der Waals surface area contributed by atoms with Crippen LogP contribution in [0.5, 0.6) is 0 Å². The van der Waals surface area contributed by atoms with Crippen LogP contribution in [-0.4, -0.2) is 41.8 Å². The SMILES string of the molecule is C[C@H](NCC(O)[C@@H](N)Cc1ccccc1)C(=O)NC1CCCCC1. The fraction of sp³-hybridized carbons (Fsp3) is 0.632. The molecule has 1 aliphatic rings. The van der Waals surface area contributed by atoms with Gasteiger partial charge in [-0.05, 0) is 31.7 Å². The van der Waals surface area contributed by atoms with Gasteiger partial charge in [0.05, 0.1) is 12.1 Å². The molecular formula is C19H31N3O2. The molecule has 134 valence electrons. The van der Waals surface area contributed by atoms with Crippen molar-refractivity contribution in [1.82, 2.24) is 10.6 Å². The molecule has 2 rings (SSSR count). The molecule has 5 nitrogen and oxygen atoms in total. The van der Waals surface area contributed by atoms with Gasteiger partial charge in [-0.2, -0.15) is 0 Å². The number of nitrogens with two attached hydrogens (primary N) is 1. The topological polar surface area (TPSA) is 87.4 Å². The summed E-state index contributed by atoms with van der Waals surface area (Å²) in [5.41, 5.74) is 7.17. The fourth-order valence-electron chi connectivity index (χ4n) is 3.14. The quantitative estimate of drug-likeness (QED) is 0.578. The molecule has 1 amide bonds. The summed E-state index contributed by atoms with van der Waals surface area (Å²) in [6, 6.07) is 9.51. The van der Waals surface area contributed by atoms with Gasteiger partial charge in [0.2, 0.25) is 5.91 Å². The minimum atomic E-state index is -0.685. The monoisotopic (exact) mass is 333 g/mol. The van der Waals surface area contributed by atoms with E-state index in [0.717, 1.165) is 18.4 Å². The van der Waals surface area contributed by atoms with Gasteiger partial charge in [0, 0.05) is 18.6 Å². The number of hydrogen-bond acceptors (Lipinski definition) is 4. The zero-order valence-electron chi connectivity index (χ0n) is 14.6. The normalized spacial score (nSPS) is 19.5. The molecule has 24 heavy (non-hydrogen) atoms. The summed E-state index contributed by atoms with van der Waals surface area (Å²) in [7, 11) is 0. The molecule has 0 bridgehead atoms. The molecule has 5 heteroatoms. The van der Waals surface area contributed by atoms with E-state index in [9.17, 15) is 9.90 Å². The van der Waals surface area contributed by atoms with E-state index in [1.165, 1.54) is 19.3 Å². The Morgan fingerprint density at radius 1 is 1.25 bits per heavy atom. The molecule has 0 aliphatic heterocycles. The minimum absolute atomic E-state index is 0.00531. The molecule has 1 aromatic rings. The van der Waals surface area contributed by atoms with Gasteiger partial charge in [0.1, 0.15) is 0 Å². The van der Waals surface area contributed by atoms with Gasteiger partial charge < -0.3 is 21.5 Å². The highest BCUT2D eigenvalue weighted by atomic mass is 16.3. The van der Waals surface area contributed by atoms with Crippen molar-refractivity contribution in [3.05, 3.63) is 35.9 Å². The predicted octanol–water partition coefficient (Wildman–Crippen LogP) is 1.34. The van der Waals surface area contributed by atoms with Crippen LogP contribution < -0.4 is 16.4 Å². The molecule has 0 radical (unpaired) electrons. The van der Waals surface area contributed by atoms with Crippen LogP contribution in [0.1, 0.15) is 44.6 Å². The summed E-state index contributed by atoms with van der Waals surface area (Å²) in [6.45, 7) is 2.14.